The van der Waals surface area contributed by atoms with Crippen LogP contribution in [0.2, 0.25) is 0 Å². The number of methoxy groups -OCH3 is 1. The van der Waals surface area contributed by atoms with Gasteiger partial charge in [0.25, 0.3) is 5.91 Å². The van der Waals surface area contributed by atoms with Crippen molar-refractivity contribution >= 4 is 23.6 Å². The Labute approximate surface area is 139 Å². The van der Waals surface area contributed by atoms with Crippen LogP contribution in [0.15, 0.2) is 30.3 Å². The number of amides is 1. The molecule has 1 amide bonds. The number of piperidine rings is 1. The number of carbonyl (C=O) groups excluding carboxylic acids is 4. The van der Waals surface area contributed by atoms with Crippen LogP contribution in [0.25, 0.3) is 0 Å². The molecule has 24 heavy (non-hydrogen) atoms. The minimum atomic E-state index is -1.43. The van der Waals surface area contributed by atoms with Crippen LogP contribution >= 0.6 is 0 Å². The molecule has 1 aliphatic heterocycles. The number of rotatable bonds is 4. The average molecular weight is 333 g/mol. The standard InChI is InChI=1S/C17H19NO6/c1-3-24-17(22)14-13(19)10-9-12(16(21)23-2)18(14)15(20)11-7-5-4-6-8-11/h4-8,12,14H,3,9-10H2,1-2H3/t12-,14-/m0/s1. The highest BCUT2D eigenvalue weighted by Crippen LogP contribution is 2.25. The highest BCUT2D eigenvalue weighted by atomic mass is 16.5. The van der Waals surface area contributed by atoms with Gasteiger partial charge in [-0.05, 0) is 25.5 Å². The number of Topliss-reactive ketones (excluding diaryl/α,β-unsaturated/α-hetero) is 1. The predicted molar refractivity (Wildman–Crippen MR) is 83.1 cm³/mol. The van der Waals surface area contributed by atoms with Crippen molar-refractivity contribution in [3.8, 4) is 0 Å². The van der Waals surface area contributed by atoms with Crippen LogP contribution in [-0.2, 0) is 23.9 Å². The molecule has 1 fully saturated rings. The smallest absolute Gasteiger partial charge is 0.336 e. The van der Waals surface area contributed by atoms with Crippen molar-refractivity contribution in [3.63, 3.8) is 0 Å². The van der Waals surface area contributed by atoms with Crippen molar-refractivity contribution < 1.29 is 28.7 Å². The van der Waals surface area contributed by atoms with Crippen molar-refractivity contribution in [2.45, 2.75) is 31.8 Å². The number of likely N-dealkylation sites (tertiary alicyclic amines) is 1. The Balaban J connectivity index is 2.45. The molecule has 1 aromatic carbocycles. The van der Waals surface area contributed by atoms with Gasteiger partial charge in [0.1, 0.15) is 6.04 Å². The van der Waals surface area contributed by atoms with E-state index in [2.05, 4.69) is 0 Å². The predicted octanol–water partition coefficient (Wildman–Crippen LogP) is 0.965. The number of carbonyl (C=O) groups is 4. The van der Waals surface area contributed by atoms with Crippen molar-refractivity contribution in [2.75, 3.05) is 13.7 Å². The largest absolute Gasteiger partial charge is 0.467 e. The second-order valence-electron chi connectivity index (χ2n) is 5.28. The quantitative estimate of drug-likeness (QED) is 0.602. The van der Waals surface area contributed by atoms with Crippen LogP contribution in [-0.4, -0.2) is 54.3 Å². The summed E-state index contributed by atoms with van der Waals surface area (Å²) < 4.78 is 9.66. The molecule has 7 nitrogen and oxygen atoms in total. The number of esters is 2. The monoisotopic (exact) mass is 333 g/mol. The number of ether oxygens (including phenoxy) is 2. The molecular weight excluding hydrogens is 314 g/mol. The van der Waals surface area contributed by atoms with E-state index in [1.807, 2.05) is 0 Å². The zero-order valence-corrected chi connectivity index (χ0v) is 13.6. The molecule has 0 aromatic heterocycles. The van der Waals surface area contributed by atoms with E-state index in [0.717, 1.165) is 4.90 Å². The molecule has 128 valence electrons. The molecule has 1 aliphatic rings. The lowest BCUT2D eigenvalue weighted by molar-refractivity contribution is -0.159. The van der Waals surface area contributed by atoms with Gasteiger partial charge < -0.3 is 14.4 Å². The van der Waals surface area contributed by atoms with Gasteiger partial charge in [0, 0.05) is 12.0 Å². The Kier molecular flexibility index (Phi) is 5.68. The number of nitrogens with zero attached hydrogens (tertiary/aromatic N) is 1. The molecular formula is C17H19NO6. The molecule has 2 atom stereocenters. The summed E-state index contributed by atoms with van der Waals surface area (Å²) in [5.41, 5.74) is 0.274. The van der Waals surface area contributed by atoms with Crippen LogP contribution in [0, 0.1) is 0 Å². The number of hydrogen-bond acceptors (Lipinski definition) is 6. The van der Waals surface area contributed by atoms with Crippen LogP contribution in [0.3, 0.4) is 0 Å². The first-order chi connectivity index (χ1) is 11.5. The van der Waals surface area contributed by atoms with Crippen LogP contribution in [0.4, 0.5) is 0 Å². The SMILES string of the molecule is CCOC(=O)[C@@H]1C(=O)CC[C@@H](C(=O)OC)N1C(=O)c1ccccc1. The normalized spacial score (nSPS) is 20.4. The molecule has 1 heterocycles. The Bertz CT molecular complexity index is 642. The minimum absolute atomic E-state index is 0.00180. The molecule has 1 aromatic rings. The van der Waals surface area contributed by atoms with E-state index in [4.69, 9.17) is 9.47 Å². The third kappa shape index (κ3) is 3.45. The summed E-state index contributed by atoms with van der Waals surface area (Å²) in [6.07, 6.45) is 0.113. The van der Waals surface area contributed by atoms with Gasteiger partial charge in [-0.25, -0.2) is 9.59 Å². The summed E-state index contributed by atoms with van der Waals surface area (Å²) >= 11 is 0. The lowest BCUT2D eigenvalue weighted by atomic mass is 9.93. The van der Waals surface area contributed by atoms with Gasteiger partial charge in [0.15, 0.2) is 11.8 Å². The Morgan fingerprint density at radius 1 is 1.17 bits per heavy atom. The van der Waals surface area contributed by atoms with Crippen molar-refractivity contribution in [1.82, 2.24) is 4.90 Å². The van der Waals surface area contributed by atoms with Gasteiger partial charge in [0.2, 0.25) is 0 Å². The zero-order chi connectivity index (χ0) is 17.7. The van der Waals surface area contributed by atoms with E-state index >= 15 is 0 Å². The van der Waals surface area contributed by atoms with Crippen LogP contribution < -0.4 is 0 Å². The van der Waals surface area contributed by atoms with Gasteiger partial charge in [-0.15, -0.1) is 0 Å². The molecule has 7 heteroatoms. The van der Waals surface area contributed by atoms with E-state index in [9.17, 15) is 19.2 Å². The summed E-state index contributed by atoms with van der Waals surface area (Å²) in [6.45, 7) is 1.67. The zero-order valence-electron chi connectivity index (χ0n) is 13.6. The average Bonchev–Trinajstić information content (AvgIpc) is 2.61. The third-order valence-corrected chi connectivity index (χ3v) is 3.82. The second kappa shape index (κ2) is 7.72. The van der Waals surface area contributed by atoms with Crippen molar-refractivity contribution in [1.29, 1.82) is 0 Å². The summed E-state index contributed by atoms with van der Waals surface area (Å²) in [4.78, 5) is 50.4. The maximum Gasteiger partial charge on any atom is 0.336 e. The van der Waals surface area contributed by atoms with E-state index < -0.39 is 35.7 Å². The fraction of sp³-hybridized carbons (Fsp3) is 0.412. The van der Waals surface area contributed by atoms with Crippen LogP contribution in [0.1, 0.15) is 30.1 Å². The molecule has 0 spiro atoms. The van der Waals surface area contributed by atoms with E-state index in [0.29, 0.717) is 0 Å². The van der Waals surface area contributed by atoms with E-state index in [1.54, 1.807) is 37.3 Å². The fourth-order valence-electron chi connectivity index (χ4n) is 2.71. The van der Waals surface area contributed by atoms with Gasteiger partial charge >= 0.3 is 11.9 Å². The first-order valence-electron chi connectivity index (χ1n) is 7.66. The first-order valence-corrected chi connectivity index (χ1v) is 7.66. The number of hydrogen-bond donors (Lipinski definition) is 0. The summed E-state index contributed by atoms with van der Waals surface area (Å²) in [7, 11) is 1.20. The topological polar surface area (TPSA) is 90.0 Å². The fourth-order valence-corrected chi connectivity index (χ4v) is 2.71. The Hall–Kier alpha value is -2.70. The maximum absolute atomic E-state index is 12.9. The Morgan fingerprint density at radius 3 is 2.42 bits per heavy atom. The van der Waals surface area contributed by atoms with E-state index in [1.165, 1.54) is 7.11 Å². The van der Waals surface area contributed by atoms with Gasteiger partial charge in [0.05, 0.1) is 13.7 Å². The van der Waals surface area contributed by atoms with E-state index in [-0.39, 0.29) is 25.0 Å². The molecule has 0 bridgehead atoms. The van der Waals surface area contributed by atoms with Crippen LogP contribution in [0.5, 0.6) is 0 Å². The van der Waals surface area contributed by atoms with Crippen molar-refractivity contribution in [2.24, 2.45) is 0 Å². The molecule has 1 saturated heterocycles. The molecule has 0 N–H and O–H groups in total. The molecule has 0 saturated carbocycles. The number of ketones is 1. The third-order valence-electron chi connectivity index (χ3n) is 3.82. The molecule has 0 aliphatic carbocycles. The second-order valence-corrected chi connectivity index (χ2v) is 5.28. The number of benzene rings is 1. The molecule has 0 radical (unpaired) electrons. The highest BCUT2D eigenvalue weighted by Gasteiger charge is 2.47. The van der Waals surface area contributed by atoms with Gasteiger partial charge in [-0.2, -0.15) is 0 Å². The molecule has 0 unspecified atom stereocenters. The minimum Gasteiger partial charge on any atom is -0.467 e. The highest BCUT2D eigenvalue weighted by molar-refractivity contribution is 6.10. The summed E-state index contributed by atoms with van der Waals surface area (Å²) in [5, 5.41) is 0. The molecule has 2 rings (SSSR count). The maximum atomic E-state index is 12.9. The summed E-state index contributed by atoms with van der Waals surface area (Å²) in [5.74, 6) is -2.53. The summed E-state index contributed by atoms with van der Waals surface area (Å²) in [6, 6.07) is 5.72. The first kappa shape index (κ1) is 17.7. The van der Waals surface area contributed by atoms with Crippen molar-refractivity contribution in [3.05, 3.63) is 35.9 Å². The van der Waals surface area contributed by atoms with Gasteiger partial charge in [-0.1, -0.05) is 18.2 Å². The Morgan fingerprint density at radius 2 is 1.83 bits per heavy atom. The lowest BCUT2D eigenvalue weighted by Crippen LogP contribution is -2.60. The lowest BCUT2D eigenvalue weighted by Gasteiger charge is -2.38. The van der Waals surface area contributed by atoms with Gasteiger partial charge in [-0.3, -0.25) is 9.59 Å².